The Morgan fingerprint density at radius 1 is 1.44 bits per heavy atom. The molecule has 1 amide bonds. The van der Waals surface area contributed by atoms with E-state index in [0.29, 0.717) is 25.6 Å². The third-order valence-electron chi connectivity index (χ3n) is 2.13. The number of nitrogens with one attached hydrogen (secondary N) is 1. The second-order valence-corrected chi connectivity index (χ2v) is 5.31. The summed E-state index contributed by atoms with van der Waals surface area (Å²) in [7, 11) is 0. The second-order valence-electron chi connectivity index (χ2n) is 5.31. The molecule has 0 aromatic heterocycles. The van der Waals surface area contributed by atoms with E-state index in [1.54, 1.807) is 13.8 Å². The molecule has 0 aliphatic rings. The molecule has 16 heavy (non-hydrogen) atoms. The van der Waals surface area contributed by atoms with Crippen LogP contribution in [0.25, 0.3) is 0 Å². The van der Waals surface area contributed by atoms with Crippen molar-refractivity contribution in [2.24, 2.45) is 5.92 Å². The number of carbonyl (C=O) groups excluding carboxylic acids is 1. The van der Waals surface area contributed by atoms with Gasteiger partial charge in [0.15, 0.2) is 0 Å². The van der Waals surface area contributed by atoms with E-state index in [1.165, 1.54) is 0 Å². The highest BCUT2D eigenvalue weighted by molar-refractivity contribution is 5.77. The fourth-order valence-electron chi connectivity index (χ4n) is 1.40. The minimum absolute atomic E-state index is 0.0276. The van der Waals surface area contributed by atoms with Gasteiger partial charge in [0.2, 0.25) is 5.91 Å². The first-order valence-electron chi connectivity index (χ1n) is 5.96. The molecule has 0 aliphatic heterocycles. The smallest absolute Gasteiger partial charge is 0.234 e. The molecule has 0 aromatic carbocycles. The summed E-state index contributed by atoms with van der Waals surface area (Å²) in [5.41, 5.74) is -0.756. The maximum atomic E-state index is 11.6. The number of aliphatic hydroxyl groups is 1. The average Bonchev–Trinajstić information content (AvgIpc) is 2.11. The quantitative estimate of drug-likeness (QED) is 0.682. The minimum Gasteiger partial charge on any atom is -0.389 e. The number of hydrogen-bond acceptors (Lipinski definition) is 3. The molecular formula is C12H26N2O2. The zero-order chi connectivity index (χ0) is 12.8. The number of rotatable bonds is 7. The van der Waals surface area contributed by atoms with Crippen LogP contribution >= 0.6 is 0 Å². The fraction of sp³-hybridized carbons (Fsp3) is 0.917. The van der Waals surface area contributed by atoms with Crippen molar-refractivity contribution in [3.05, 3.63) is 0 Å². The SMILES string of the molecule is CCN(CC(=O)NCC(C)C)CC(C)(C)O. The van der Waals surface area contributed by atoms with Gasteiger partial charge in [0.25, 0.3) is 0 Å². The first kappa shape index (κ1) is 15.4. The average molecular weight is 230 g/mol. The van der Waals surface area contributed by atoms with E-state index in [4.69, 9.17) is 0 Å². The number of amides is 1. The lowest BCUT2D eigenvalue weighted by Crippen LogP contribution is -2.44. The normalized spacial score (nSPS) is 12.2. The van der Waals surface area contributed by atoms with E-state index in [2.05, 4.69) is 19.2 Å². The fourth-order valence-corrected chi connectivity index (χ4v) is 1.40. The van der Waals surface area contributed by atoms with Crippen molar-refractivity contribution in [2.75, 3.05) is 26.2 Å². The Morgan fingerprint density at radius 3 is 2.38 bits per heavy atom. The minimum atomic E-state index is -0.756. The third-order valence-corrected chi connectivity index (χ3v) is 2.13. The van der Waals surface area contributed by atoms with E-state index in [9.17, 15) is 9.90 Å². The zero-order valence-electron chi connectivity index (χ0n) is 11.2. The monoisotopic (exact) mass is 230 g/mol. The van der Waals surface area contributed by atoms with Gasteiger partial charge in [0, 0.05) is 13.1 Å². The molecule has 2 N–H and O–H groups in total. The zero-order valence-corrected chi connectivity index (χ0v) is 11.2. The van der Waals surface area contributed by atoms with E-state index < -0.39 is 5.60 Å². The molecule has 0 spiro atoms. The molecule has 0 saturated carbocycles. The van der Waals surface area contributed by atoms with Crippen LogP contribution in [0.3, 0.4) is 0 Å². The lowest BCUT2D eigenvalue weighted by atomic mass is 10.1. The summed E-state index contributed by atoms with van der Waals surface area (Å²) in [6, 6.07) is 0. The van der Waals surface area contributed by atoms with Gasteiger partial charge in [0.1, 0.15) is 0 Å². The van der Waals surface area contributed by atoms with Crippen LogP contribution in [0, 0.1) is 5.92 Å². The molecule has 4 nitrogen and oxygen atoms in total. The highest BCUT2D eigenvalue weighted by atomic mass is 16.3. The summed E-state index contributed by atoms with van der Waals surface area (Å²) in [5.74, 6) is 0.494. The third kappa shape index (κ3) is 8.68. The number of nitrogens with zero attached hydrogens (tertiary/aromatic N) is 1. The van der Waals surface area contributed by atoms with Gasteiger partial charge in [-0.05, 0) is 26.3 Å². The number of hydrogen-bond donors (Lipinski definition) is 2. The maximum Gasteiger partial charge on any atom is 0.234 e. The molecule has 0 aliphatic carbocycles. The van der Waals surface area contributed by atoms with E-state index >= 15 is 0 Å². The van der Waals surface area contributed by atoms with Crippen molar-refractivity contribution in [3.8, 4) is 0 Å². The van der Waals surface area contributed by atoms with Crippen molar-refractivity contribution in [1.29, 1.82) is 0 Å². The largest absolute Gasteiger partial charge is 0.389 e. The summed E-state index contributed by atoms with van der Waals surface area (Å²) in [6.07, 6.45) is 0. The first-order chi connectivity index (χ1) is 7.24. The highest BCUT2D eigenvalue weighted by Gasteiger charge is 2.18. The van der Waals surface area contributed by atoms with Crippen LogP contribution in [0.5, 0.6) is 0 Å². The van der Waals surface area contributed by atoms with Gasteiger partial charge in [-0.25, -0.2) is 0 Å². The Balaban J connectivity index is 3.98. The van der Waals surface area contributed by atoms with Crippen molar-refractivity contribution >= 4 is 5.91 Å². The first-order valence-corrected chi connectivity index (χ1v) is 5.96. The van der Waals surface area contributed by atoms with Crippen LogP contribution in [-0.4, -0.2) is 47.7 Å². The predicted octanol–water partition coefficient (Wildman–Crippen LogP) is 0.851. The number of carbonyl (C=O) groups is 1. The molecule has 0 unspecified atom stereocenters. The molecular weight excluding hydrogens is 204 g/mol. The van der Waals surface area contributed by atoms with Crippen LogP contribution in [0.4, 0.5) is 0 Å². The summed E-state index contributed by atoms with van der Waals surface area (Å²) in [4.78, 5) is 13.5. The van der Waals surface area contributed by atoms with Crippen molar-refractivity contribution in [3.63, 3.8) is 0 Å². The molecule has 4 heteroatoms. The van der Waals surface area contributed by atoms with Crippen LogP contribution in [-0.2, 0) is 4.79 Å². The van der Waals surface area contributed by atoms with Gasteiger partial charge in [-0.2, -0.15) is 0 Å². The van der Waals surface area contributed by atoms with Gasteiger partial charge < -0.3 is 10.4 Å². The van der Waals surface area contributed by atoms with Crippen molar-refractivity contribution in [2.45, 2.75) is 40.2 Å². The van der Waals surface area contributed by atoms with Gasteiger partial charge in [-0.15, -0.1) is 0 Å². The second kappa shape index (κ2) is 6.86. The molecule has 96 valence electrons. The summed E-state index contributed by atoms with van der Waals surface area (Å²) in [6.45, 7) is 12.0. The Bertz CT molecular complexity index is 210. The van der Waals surface area contributed by atoms with Crippen LogP contribution in [0.15, 0.2) is 0 Å². The molecule has 0 saturated heterocycles. The molecule has 0 heterocycles. The molecule has 0 atom stereocenters. The maximum absolute atomic E-state index is 11.6. The van der Waals surface area contributed by atoms with E-state index in [1.807, 2.05) is 11.8 Å². The Labute approximate surface area is 99.0 Å². The Kier molecular flexibility index (Phi) is 6.60. The molecule has 0 rings (SSSR count). The molecule has 0 fully saturated rings. The van der Waals surface area contributed by atoms with Crippen LogP contribution in [0.2, 0.25) is 0 Å². The highest BCUT2D eigenvalue weighted by Crippen LogP contribution is 2.04. The standard InChI is InChI=1S/C12H26N2O2/c1-6-14(9-12(4,5)16)8-11(15)13-7-10(2)3/h10,16H,6-9H2,1-5H3,(H,13,15). The van der Waals surface area contributed by atoms with Crippen LogP contribution < -0.4 is 5.32 Å². The van der Waals surface area contributed by atoms with E-state index in [-0.39, 0.29) is 5.91 Å². The lowest BCUT2D eigenvalue weighted by molar-refractivity contribution is -0.122. The molecule has 0 radical (unpaired) electrons. The molecule has 0 aromatic rings. The summed E-state index contributed by atoms with van der Waals surface area (Å²) in [5, 5.41) is 12.5. The van der Waals surface area contributed by atoms with Crippen LogP contribution in [0.1, 0.15) is 34.6 Å². The van der Waals surface area contributed by atoms with Gasteiger partial charge in [-0.1, -0.05) is 20.8 Å². The van der Waals surface area contributed by atoms with Gasteiger partial charge in [0.05, 0.1) is 12.1 Å². The van der Waals surface area contributed by atoms with Gasteiger partial charge >= 0.3 is 0 Å². The van der Waals surface area contributed by atoms with E-state index in [0.717, 1.165) is 6.54 Å². The summed E-state index contributed by atoms with van der Waals surface area (Å²) < 4.78 is 0. The van der Waals surface area contributed by atoms with Crippen molar-refractivity contribution in [1.82, 2.24) is 10.2 Å². The Hall–Kier alpha value is -0.610. The predicted molar refractivity (Wildman–Crippen MR) is 66.3 cm³/mol. The Morgan fingerprint density at radius 2 is 2.00 bits per heavy atom. The molecule has 0 bridgehead atoms. The summed E-state index contributed by atoms with van der Waals surface area (Å²) >= 11 is 0. The number of likely N-dealkylation sites (N-methyl/N-ethyl adjacent to an activating group) is 1. The van der Waals surface area contributed by atoms with Gasteiger partial charge in [-0.3, -0.25) is 9.69 Å². The lowest BCUT2D eigenvalue weighted by Gasteiger charge is -2.27. The van der Waals surface area contributed by atoms with Crippen molar-refractivity contribution < 1.29 is 9.90 Å². The topological polar surface area (TPSA) is 52.6 Å².